The average molecular weight is 297 g/mol. The number of hydrogen-bond donors (Lipinski definition) is 1. The van der Waals surface area contributed by atoms with Gasteiger partial charge in [-0.25, -0.2) is 0 Å². The molecular weight excluding hydrogens is 270 g/mol. The Morgan fingerprint density at radius 3 is 2.19 bits per heavy atom. The van der Waals surface area contributed by atoms with Crippen molar-refractivity contribution in [1.29, 1.82) is 0 Å². The lowest BCUT2D eigenvalue weighted by Gasteiger charge is -2.16. The monoisotopic (exact) mass is 297 g/mol. The molecule has 0 spiro atoms. The summed E-state index contributed by atoms with van der Waals surface area (Å²) in [7, 11) is 3.26. The molecule has 120 valence electrons. The van der Waals surface area contributed by atoms with Crippen LogP contribution in [0.15, 0.2) is 12.1 Å². The molecule has 5 heteroatoms. The standard InChI is InChI=1S/C16H27NO4/c1-5-7-17-12-13-10-14(18-3)16(15(11-13)19-4)21-9-8-20-6-2/h10-11,17H,5-9,12H2,1-4H3. The molecule has 0 atom stereocenters. The normalized spacial score (nSPS) is 10.5. The van der Waals surface area contributed by atoms with Gasteiger partial charge in [0.15, 0.2) is 11.5 Å². The van der Waals surface area contributed by atoms with Gasteiger partial charge in [0.2, 0.25) is 5.75 Å². The highest BCUT2D eigenvalue weighted by atomic mass is 16.6. The summed E-state index contributed by atoms with van der Waals surface area (Å²) in [6.07, 6.45) is 1.10. The summed E-state index contributed by atoms with van der Waals surface area (Å²) in [5, 5.41) is 3.36. The minimum atomic E-state index is 0.466. The summed E-state index contributed by atoms with van der Waals surface area (Å²) < 4.78 is 21.8. The molecule has 1 aromatic rings. The minimum Gasteiger partial charge on any atom is -0.493 e. The fourth-order valence-electron chi connectivity index (χ4n) is 1.94. The third-order valence-electron chi connectivity index (χ3n) is 2.95. The minimum absolute atomic E-state index is 0.466. The molecular formula is C16H27NO4. The summed E-state index contributed by atoms with van der Waals surface area (Å²) in [6, 6.07) is 3.95. The first-order valence-electron chi connectivity index (χ1n) is 7.42. The highest BCUT2D eigenvalue weighted by Gasteiger charge is 2.14. The molecule has 0 radical (unpaired) electrons. The maximum atomic E-state index is 5.74. The van der Waals surface area contributed by atoms with Gasteiger partial charge in [0.05, 0.1) is 20.8 Å². The first-order chi connectivity index (χ1) is 10.3. The molecule has 1 N–H and O–H groups in total. The van der Waals surface area contributed by atoms with Gasteiger partial charge in [-0.05, 0) is 37.6 Å². The molecule has 1 rings (SSSR count). The Balaban J connectivity index is 2.80. The van der Waals surface area contributed by atoms with Crippen LogP contribution in [-0.4, -0.2) is 40.6 Å². The summed E-state index contributed by atoms with van der Waals surface area (Å²) >= 11 is 0. The molecule has 0 bridgehead atoms. The van der Waals surface area contributed by atoms with Crippen molar-refractivity contribution in [2.45, 2.75) is 26.8 Å². The van der Waals surface area contributed by atoms with E-state index in [1.165, 1.54) is 0 Å². The predicted octanol–water partition coefficient (Wildman–Crippen LogP) is 2.62. The molecule has 21 heavy (non-hydrogen) atoms. The Kier molecular flexibility index (Phi) is 8.62. The van der Waals surface area contributed by atoms with Crippen LogP contribution in [0.5, 0.6) is 17.2 Å². The number of hydrogen-bond acceptors (Lipinski definition) is 5. The Labute approximate surface area is 127 Å². The molecule has 1 aromatic carbocycles. The Bertz CT molecular complexity index is 384. The van der Waals surface area contributed by atoms with E-state index in [0.717, 1.165) is 25.1 Å². The second-order valence-corrected chi connectivity index (χ2v) is 4.55. The van der Waals surface area contributed by atoms with Gasteiger partial charge in [-0.3, -0.25) is 0 Å². The molecule has 0 amide bonds. The van der Waals surface area contributed by atoms with E-state index in [4.69, 9.17) is 18.9 Å². The van der Waals surface area contributed by atoms with Crippen LogP contribution in [0.3, 0.4) is 0 Å². The van der Waals surface area contributed by atoms with Crippen molar-refractivity contribution in [2.24, 2.45) is 0 Å². The van der Waals surface area contributed by atoms with Crippen LogP contribution in [-0.2, 0) is 11.3 Å². The van der Waals surface area contributed by atoms with Gasteiger partial charge in [-0.2, -0.15) is 0 Å². The molecule has 0 saturated carbocycles. The van der Waals surface area contributed by atoms with E-state index in [0.29, 0.717) is 37.1 Å². The Morgan fingerprint density at radius 2 is 1.67 bits per heavy atom. The van der Waals surface area contributed by atoms with Crippen molar-refractivity contribution in [3.05, 3.63) is 17.7 Å². The van der Waals surface area contributed by atoms with Gasteiger partial charge < -0.3 is 24.3 Å². The number of nitrogens with one attached hydrogen (secondary N) is 1. The van der Waals surface area contributed by atoms with Crippen molar-refractivity contribution in [2.75, 3.05) is 40.6 Å². The molecule has 0 aliphatic rings. The topological polar surface area (TPSA) is 49.0 Å². The van der Waals surface area contributed by atoms with Crippen molar-refractivity contribution < 1.29 is 18.9 Å². The van der Waals surface area contributed by atoms with E-state index in [-0.39, 0.29) is 0 Å². The van der Waals surface area contributed by atoms with Gasteiger partial charge in [-0.15, -0.1) is 0 Å². The second-order valence-electron chi connectivity index (χ2n) is 4.55. The third kappa shape index (κ3) is 5.81. The van der Waals surface area contributed by atoms with Crippen LogP contribution in [0.4, 0.5) is 0 Å². The zero-order valence-electron chi connectivity index (χ0n) is 13.5. The predicted molar refractivity (Wildman–Crippen MR) is 83.5 cm³/mol. The van der Waals surface area contributed by atoms with Crippen LogP contribution in [0.25, 0.3) is 0 Å². The molecule has 0 saturated heterocycles. The van der Waals surface area contributed by atoms with Gasteiger partial charge >= 0.3 is 0 Å². The Morgan fingerprint density at radius 1 is 1.00 bits per heavy atom. The van der Waals surface area contributed by atoms with Gasteiger partial charge in [-0.1, -0.05) is 6.92 Å². The van der Waals surface area contributed by atoms with E-state index >= 15 is 0 Å². The molecule has 0 fully saturated rings. The van der Waals surface area contributed by atoms with Crippen molar-refractivity contribution in [3.63, 3.8) is 0 Å². The van der Waals surface area contributed by atoms with E-state index in [2.05, 4.69) is 12.2 Å². The number of methoxy groups -OCH3 is 2. The summed E-state index contributed by atoms with van der Waals surface area (Å²) in [6.45, 7) is 7.55. The summed E-state index contributed by atoms with van der Waals surface area (Å²) in [5.74, 6) is 1.98. The van der Waals surface area contributed by atoms with Gasteiger partial charge in [0.25, 0.3) is 0 Å². The average Bonchev–Trinajstić information content (AvgIpc) is 2.51. The number of benzene rings is 1. The maximum Gasteiger partial charge on any atom is 0.203 e. The van der Waals surface area contributed by atoms with Crippen LogP contribution in [0.1, 0.15) is 25.8 Å². The van der Waals surface area contributed by atoms with Crippen LogP contribution in [0.2, 0.25) is 0 Å². The lowest BCUT2D eigenvalue weighted by Crippen LogP contribution is -2.14. The summed E-state index contributed by atoms with van der Waals surface area (Å²) in [4.78, 5) is 0. The SMILES string of the molecule is CCCNCc1cc(OC)c(OCCOCC)c(OC)c1. The zero-order valence-corrected chi connectivity index (χ0v) is 13.5. The highest BCUT2D eigenvalue weighted by Crippen LogP contribution is 2.38. The van der Waals surface area contributed by atoms with E-state index in [9.17, 15) is 0 Å². The van der Waals surface area contributed by atoms with Crippen LogP contribution in [0, 0.1) is 0 Å². The number of rotatable bonds is 11. The maximum absolute atomic E-state index is 5.74. The first-order valence-corrected chi connectivity index (χ1v) is 7.42. The summed E-state index contributed by atoms with van der Waals surface area (Å²) in [5.41, 5.74) is 1.11. The smallest absolute Gasteiger partial charge is 0.203 e. The van der Waals surface area contributed by atoms with Crippen LogP contribution < -0.4 is 19.5 Å². The molecule has 0 aromatic heterocycles. The molecule has 0 aliphatic heterocycles. The van der Waals surface area contributed by atoms with Crippen molar-refractivity contribution >= 4 is 0 Å². The third-order valence-corrected chi connectivity index (χ3v) is 2.95. The zero-order chi connectivity index (χ0) is 15.5. The van der Waals surface area contributed by atoms with Gasteiger partial charge in [0.1, 0.15) is 6.61 Å². The fourth-order valence-corrected chi connectivity index (χ4v) is 1.94. The second kappa shape index (κ2) is 10.3. The van der Waals surface area contributed by atoms with Crippen molar-refractivity contribution in [3.8, 4) is 17.2 Å². The fraction of sp³-hybridized carbons (Fsp3) is 0.625. The van der Waals surface area contributed by atoms with Crippen LogP contribution >= 0.6 is 0 Å². The van der Waals surface area contributed by atoms with Crippen molar-refractivity contribution in [1.82, 2.24) is 5.32 Å². The lowest BCUT2D eigenvalue weighted by molar-refractivity contribution is 0.107. The van der Waals surface area contributed by atoms with E-state index < -0.39 is 0 Å². The highest BCUT2D eigenvalue weighted by molar-refractivity contribution is 5.53. The largest absolute Gasteiger partial charge is 0.493 e. The molecule has 0 aliphatic carbocycles. The lowest BCUT2D eigenvalue weighted by atomic mass is 10.1. The Hall–Kier alpha value is -1.46. The van der Waals surface area contributed by atoms with Gasteiger partial charge in [0, 0.05) is 13.2 Å². The van der Waals surface area contributed by atoms with E-state index in [1.54, 1.807) is 14.2 Å². The van der Waals surface area contributed by atoms with E-state index in [1.807, 2.05) is 19.1 Å². The first kappa shape index (κ1) is 17.6. The quantitative estimate of drug-likeness (QED) is 0.636. The molecule has 0 heterocycles. The molecule has 0 unspecified atom stereocenters. The number of ether oxygens (including phenoxy) is 4. The molecule has 5 nitrogen and oxygen atoms in total.